The number of nitrogens with two attached hydrogens (primary N) is 1. The Morgan fingerprint density at radius 2 is 2.36 bits per heavy atom. The zero-order valence-corrected chi connectivity index (χ0v) is 5.77. The highest BCUT2D eigenvalue weighted by Crippen LogP contribution is 2.16. The summed E-state index contributed by atoms with van der Waals surface area (Å²) < 4.78 is 5.12. The van der Waals surface area contributed by atoms with Gasteiger partial charge in [-0.2, -0.15) is 9.89 Å². The van der Waals surface area contributed by atoms with Crippen LogP contribution < -0.4 is 5.84 Å². The van der Waals surface area contributed by atoms with Crippen molar-refractivity contribution in [2.45, 2.75) is 0 Å². The van der Waals surface area contributed by atoms with Crippen LogP contribution in [0.15, 0.2) is 35.1 Å². The van der Waals surface area contributed by atoms with Gasteiger partial charge in [-0.25, -0.2) is 0 Å². The van der Waals surface area contributed by atoms with Crippen LogP contribution >= 0.6 is 0 Å². The summed E-state index contributed by atoms with van der Waals surface area (Å²) in [6, 6.07) is 5.43. The Balaban J connectivity index is 2.53. The van der Waals surface area contributed by atoms with Gasteiger partial charge in [0.1, 0.15) is 5.69 Å². The molecule has 0 aromatic carbocycles. The lowest BCUT2D eigenvalue weighted by molar-refractivity contribution is 0.575. The Hall–Kier alpha value is -1.71. The molecule has 0 bridgehead atoms. The zero-order chi connectivity index (χ0) is 7.68. The van der Waals surface area contributed by atoms with Crippen molar-refractivity contribution >= 4 is 0 Å². The highest BCUT2D eigenvalue weighted by molar-refractivity contribution is 5.51. The van der Waals surface area contributed by atoms with Crippen LogP contribution in [0.1, 0.15) is 0 Å². The third-order valence-electron chi connectivity index (χ3n) is 1.44. The van der Waals surface area contributed by atoms with Crippen LogP contribution in [-0.2, 0) is 0 Å². The summed E-state index contributed by atoms with van der Waals surface area (Å²) in [4.78, 5) is 1.28. The monoisotopic (exact) mass is 149 g/mol. The lowest BCUT2D eigenvalue weighted by Crippen LogP contribution is -2.10. The maximum absolute atomic E-state index is 5.48. The molecule has 2 N–H and O–H groups in total. The molecule has 2 heterocycles. The third-order valence-corrected chi connectivity index (χ3v) is 1.44. The van der Waals surface area contributed by atoms with E-state index in [1.54, 1.807) is 18.5 Å². The first-order valence-electron chi connectivity index (χ1n) is 3.21. The SMILES string of the molecule is Nn1nccc1-c1ccco1. The molecule has 0 fully saturated rings. The molecule has 0 aliphatic carbocycles. The minimum Gasteiger partial charge on any atom is -0.463 e. The predicted molar refractivity (Wildman–Crippen MR) is 40.1 cm³/mol. The number of furan rings is 1. The Morgan fingerprint density at radius 3 is 2.91 bits per heavy atom. The molecular formula is C7H7N3O. The summed E-state index contributed by atoms with van der Waals surface area (Å²) >= 11 is 0. The Morgan fingerprint density at radius 1 is 1.45 bits per heavy atom. The standard InChI is InChI=1S/C7H7N3O/c8-10-6(3-4-9-10)7-2-1-5-11-7/h1-5H,8H2. The quantitative estimate of drug-likeness (QED) is 0.611. The van der Waals surface area contributed by atoms with Crippen molar-refractivity contribution in [2.24, 2.45) is 0 Å². The van der Waals surface area contributed by atoms with Gasteiger partial charge in [-0.05, 0) is 18.2 Å². The summed E-state index contributed by atoms with van der Waals surface area (Å²) in [7, 11) is 0. The molecule has 0 radical (unpaired) electrons. The highest BCUT2D eigenvalue weighted by Gasteiger charge is 2.03. The molecule has 4 heteroatoms. The Labute approximate surface area is 63.2 Å². The zero-order valence-electron chi connectivity index (χ0n) is 5.77. The van der Waals surface area contributed by atoms with Gasteiger partial charge in [0, 0.05) is 0 Å². The van der Waals surface area contributed by atoms with E-state index in [4.69, 9.17) is 10.3 Å². The lowest BCUT2D eigenvalue weighted by Gasteiger charge is -1.94. The summed E-state index contributed by atoms with van der Waals surface area (Å²) in [5, 5.41) is 3.81. The van der Waals surface area contributed by atoms with Crippen molar-refractivity contribution in [3.63, 3.8) is 0 Å². The van der Waals surface area contributed by atoms with E-state index in [1.165, 1.54) is 4.79 Å². The van der Waals surface area contributed by atoms with Gasteiger partial charge in [0.25, 0.3) is 0 Å². The average Bonchev–Trinajstić information content (AvgIpc) is 2.55. The van der Waals surface area contributed by atoms with E-state index in [0.29, 0.717) is 0 Å². The molecule has 0 saturated heterocycles. The average molecular weight is 149 g/mol. The predicted octanol–water partition coefficient (Wildman–Crippen LogP) is 0.857. The lowest BCUT2D eigenvalue weighted by atomic mass is 10.3. The van der Waals surface area contributed by atoms with Gasteiger partial charge in [-0.15, -0.1) is 0 Å². The number of rotatable bonds is 1. The van der Waals surface area contributed by atoms with E-state index in [1.807, 2.05) is 12.1 Å². The van der Waals surface area contributed by atoms with Crippen LogP contribution in [0.3, 0.4) is 0 Å². The van der Waals surface area contributed by atoms with Crippen LogP contribution in [0, 0.1) is 0 Å². The van der Waals surface area contributed by atoms with Crippen LogP contribution in [0.2, 0.25) is 0 Å². The summed E-state index contributed by atoms with van der Waals surface area (Å²) in [5.41, 5.74) is 0.773. The van der Waals surface area contributed by atoms with E-state index in [2.05, 4.69) is 5.10 Å². The Kier molecular flexibility index (Phi) is 1.18. The topological polar surface area (TPSA) is 57.0 Å². The molecule has 0 saturated carbocycles. The number of nitrogen functional groups attached to an aromatic ring is 1. The molecular weight excluding hydrogens is 142 g/mol. The molecule has 56 valence electrons. The fourth-order valence-electron chi connectivity index (χ4n) is 0.934. The fourth-order valence-corrected chi connectivity index (χ4v) is 0.934. The highest BCUT2D eigenvalue weighted by atomic mass is 16.3. The number of nitrogens with zero attached hydrogens (tertiary/aromatic N) is 2. The fraction of sp³-hybridized carbons (Fsp3) is 0. The van der Waals surface area contributed by atoms with E-state index >= 15 is 0 Å². The second-order valence-corrected chi connectivity index (χ2v) is 2.14. The van der Waals surface area contributed by atoms with Gasteiger partial charge < -0.3 is 10.3 Å². The molecule has 4 nitrogen and oxygen atoms in total. The van der Waals surface area contributed by atoms with Crippen molar-refractivity contribution in [2.75, 3.05) is 5.84 Å². The van der Waals surface area contributed by atoms with Crippen molar-refractivity contribution in [3.05, 3.63) is 30.7 Å². The summed E-state index contributed by atoms with van der Waals surface area (Å²) in [5.74, 6) is 6.20. The number of hydrogen-bond donors (Lipinski definition) is 1. The number of aromatic nitrogens is 2. The molecule has 0 unspecified atom stereocenters. The van der Waals surface area contributed by atoms with E-state index in [-0.39, 0.29) is 0 Å². The molecule has 0 spiro atoms. The van der Waals surface area contributed by atoms with Gasteiger partial charge in [-0.3, -0.25) is 0 Å². The van der Waals surface area contributed by atoms with Gasteiger partial charge in [0.2, 0.25) is 0 Å². The second-order valence-electron chi connectivity index (χ2n) is 2.14. The first-order chi connectivity index (χ1) is 5.38. The molecule has 11 heavy (non-hydrogen) atoms. The smallest absolute Gasteiger partial charge is 0.154 e. The van der Waals surface area contributed by atoms with E-state index in [0.717, 1.165) is 11.5 Å². The summed E-state index contributed by atoms with van der Waals surface area (Å²) in [6.45, 7) is 0. The van der Waals surface area contributed by atoms with Crippen molar-refractivity contribution in [1.29, 1.82) is 0 Å². The molecule has 0 atom stereocenters. The molecule has 0 amide bonds. The van der Waals surface area contributed by atoms with Crippen LogP contribution in [0.5, 0.6) is 0 Å². The van der Waals surface area contributed by atoms with Crippen molar-refractivity contribution in [1.82, 2.24) is 9.89 Å². The van der Waals surface area contributed by atoms with Gasteiger partial charge in [-0.1, -0.05) is 0 Å². The minimum absolute atomic E-state index is 0.727. The van der Waals surface area contributed by atoms with Crippen molar-refractivity contribution in [3.8, 4) is 11.5 Å². The van der Waals surface area contributed by atoms with Gasteiger partial charge in [0.15, 0.2) is 5.76 Å². The molecule has 2 aromatic rings. The molecule has 0 aliphatic rings. The number of hydrogen-bond acceptors (Lipinski definition) is 3. The third kappa shape index (κ3) is 0.881. The van der Waals surface area contributed by atoms with Crippen molar-refractivity contribution < 1.29 is 4.42 Å². The minimum atomic E-state index is 0.727. The Bertz CT molecular complexity index is 336. The molecule has 2 aromatic heterocycles. The molecule has 2 rings (SSSR count). The first kappa shape index (κ1) is 6.03. The largest absolute Gasteiger partial charge is 0.463 e. The van der Waals surface area contributed by atoms with E-state index in [9.17, 15) is 0 Å². The van der Waals surface area contributed by atoms with Crippen LogP contribution in [0.4, 0.5) is 0 Å². The first-order valence-corrected chi connectivity index (χ1v) is 3.21. The van der Waals surface area contributed by atoms with Gasteiger partial charge >= 0.3 is 0 Å². The second kappa shape index (κ2) is 2.16. The van der Waals surface area contributed by atoms with Gasteiger partial charge in [0.05, 0.1) is 12.5 Å². The summed E-state index contributed by atoms with van der Waals surface area (Å²) in [6.07, 6.45) is 3.22. The maximum atomic E-state index is 5.48. The van der Waals surface area contributed by atoms with Crippen LogP contribution in [-0.4, -0.2) is 9.89 Å². The maximum Gasteiger partial charge on any atom is 0.154 e. The van der Waals surface area contributed by atoms with Crippen LogP contribution in [0.25, 0.3) is 11.5 Å². The normalized spacial score (nSPS) is 10.2. The van der Waals surface area contributed by atoms with E-state index < -0.39 is 0 Å². The molecule has 0 aliphatic heterocycles.